The molecule has 0 aromatic rings. The van der Waals surface area contributed by atoms with Gasteiger partial charge >= 0.3 is 0 Å². The Morgan fingerprint density at radius 3 is 1.55 bits per heavy atom. The topological polar surface area (TPSA) is 44.4 Å². The predicted molar refractivity (Wildman–Crippen MR) is 86.3 cm³/mol. The number of carbonyl (C=O) groups is 1. The van der Waals surface area contributed by atoms with E-state index in [0.29, 0.717) is 5.78 Å². The van der Waals surface area contributed by atoms with E-state index in [4.69, 9.17) is 0 Å². The van der Waals surface area contributed by atoms with E-state index in [1.165, 1.54) is 57.8 Å². The summed E-state index contributed by atoms with van der Waals surface area (Å²) in [6.07, 6.45) is 13.7. The molecule has 0 spiro atoms. The second-order valence-electron chi connectivity index (χ2n) is 5.59. The van der Waals surface area contributed by atoms with Crippen molar-refractivity contribution < 1.29 is 4.79 Å². The van der Waals surface area contributed by atoms with Gasteiger partial charge in [-0.25, -0.2) is 10.9 Å². The number of ketones is 1. The lowest BCUT2D eigenvalue weighted by Crippen LogP contribution is -2.44. The number of hydrogen-bond acceptors (Lipinski definition) is 4. The lowest BCUT2D eigenvalue weighted by Gasteiger charge is -2.18. The fourth-order valence-corrected chi connectivity index (χ4v) is 2.39. The van der Waals surface area contributed by atoms with Crippen LogP contribution in [0.25, 0.3) is 0 Å². The van der Waals surface area contributed by atoms with Gasteiger partial charge in [-0.3, -0.25) is 0 Å². The highest BCUT2D eigenvalue weighted by Crippen LogP contribution is 2.11. The molecule has 0 heterocycles. The average Bonchev–Trinajstić information content (AvgIpc) is 2.44. The molecular weight excluding hydrogens is 250 g/mol. The summed E-state index contributed by atoms with van der Waals surface area (Å²) in [5.74, 6) is 0.333. The number of rotatable bonds is 15. The molecule has 4 nitrogen and oxygen atoms in total. The van der Waals surface area contributed by atoms with Crippen LogP contribution in [0, 0.1) is 0 Å². The number of unbranched alkanes of at least 4 members (excludes halogenated alkanes) is 9. The van der Waals surface area contributed by atoms with E-state index < -0.39 is 0 Å². The monoisotopic (exact) mass is 285 g/mol. The highest BCUT2D eigenvalue weighted by atomic mass is 16.1. The summed E-state index contributed by atoms with van der Waals surface area (Å²) in [7, 11) is 3.87. The molecular formula is C16H35N3O. The molecule has 0 rings (SSSR count). The van der Waals surface area contributed by atoms with E-state index in [-0.39, 0.29) is 0 Å². The molecule has 0 fully saturated rings. The quantitative estimate of drug-likeness (QED) is 0.357. The molecule has 0 atom stereocenters. The van der Waals surface area contributed by atoms with Crippen LogP contribution >= 0.6 is 0 Å². The summed E-state index contributed by atoms with van der Waals surface area (Å²) in [6, 6.07) is 0. The van der Waals surface area contributed by atoms with Crippen LogP contribution in [-0.2, 0) is 4.79 Å². The molecule has 2 N–H and O–H groups in total. The van der Waals surface area contributed by atoms with Gasteiger partial charge in [0.05, 0.1) is 0 Å². The van der Waals surface area contributed by atoms with Crippen LogP contribution in [0.3, 0.4) is 0 Å². The molecule has 120 valence electrons. The van der Waals surface area contributed by atoms with Crippen LogP contribution in [0.4, 0.5) is 0 Å². The summed E-state index contributed by atoms with van der Waals surface area (Å²) < 4.78 is 0. The van der Waals surface area contributed by atoms with Crippen molar-refractivity contribution in [3.05, 3.63) is 0 Å². The van der Waals surface area contributed by atoms with Crippen molar-refractivity contribution in [2.45, 2.75) is 77.6 Å². The summed E-state index contributed by atoms with van der Waals surface area (Å²) in [4.78, 5) is 10.8. The first-order valence-corrected chi connectivity index (χ1v) is 8.32. The van der Waals surface area contributed by atoms with E-state index in [9.17, 15) is 4.79 Å². The third kappa shape index (κ3) is 14.0. The zero-order valence-corrected chi connectivity index (χ0v) is 13.8. The molecule has 0 aliphatic heterocycles. The molecule has 0 saturated carbocycles. The van der Waals surface area contributed by atoms with Crippen LogP contribution in [0.1, 0.15) is 77.6 Å². The largest absolute Gasteiger partial charge is 0.300 e. The molecule has 0 aromatic heterocycles. The first-order chi connectivity index (χ1) is 9.70. The van der Waals surface area contributed by atoms with Crippen LogP contribution in [0.5, 0.6) is 0 Å². The molecule has 20 heavy (non-hydrogen) atoms. The number of hydrazine groups is 2. The predicted octanol–water partition coefficient (Wildman–Crippen LogP) is 3.44. The van der Waals surface area contributed by atoms with Crippen LogP contribution < -0.4 is 10.9 Å². The van der Waals surface area contributed by atoms with Gasteiger partial charge in [0.15, 0.2) is 0 Å². The van der Waals surface area contributed by atoms with Crippen molar-refractivity contribution in [3.63, 3.8) is 0 Å². The molecule has 0 saturated heterocycles. The summed E-state index contributed by atoms with van der Waals surface area (Å²) in [5.41, 5.74) is 6.19. The molecule has 0 bridgehead atoms. The standard InChI is InChI=1S/C16H35N3O/c1-16(20)14-12-10-8-6-4-5-7-9-11-13-15-19(17-2)18-3/h17-18H,4-15H2,1-3H3. The lowest BCUT2D eigenvalue weighted by molar-refractivity contribution is -0.117. The Bertz CT molecular complexity index is 218. The van der Waals surface area contributed by atoms with Gasteiger partial charge < -0.3 is 4.79 Å². The second kappa shape index (κ2) is 14.9. The Labute approximate surface area is 125 Å². The maximum absolute atomic E-state index is 10.8. The molecule has 0 unspecified atom stereocenters. The zero-order chi connectivity index (χ0) is 15.1. The minimum Gasteiger partial charge on any atom is -0.300 e. The minimum atomic E-state index is 0.333. The van der Waals surface area contributed by atoms with Crippen molar-refractivity contribution in [1.82, 2.24) is 16.0 Å². The van der Waals surface area contributed by atoms with Crippen LogP contribution in [0.2, 0.25) is 0 Å². The third-order valence-corrected chi connectivity index (χ3v) is 3.70. The number of nitrogens with zero attached hydrogens (tertiary/aromatic N) is 1. The fraction of sp³-hybridized carbons (Fsp3) is 0.938. The van der Waals surface area contributed by atoms with Gasteiger partial charge in [0.25, 0.3) is 0 Å². The summed E-state index contributed by atoms with van der Waals surface area (Å²) >= 11 is 0. The van der Waals surface area contributed by atoms with Gasteiger partial charge in [-0.2, -0.15) is 5.12 Å². The first-order valence-electron chi connectivity index (χ1n) is 8.32. The van der Waals surface area contributed by atoms with E-state index in [1.54, 1.807) is 6.92 Å². The highest BCUT2D eigenvalue weighted by molar-refractivity contribution is 5.75. The van der Waals surface area contributed by atoms with Gasteiger partial charge in [-0.1, -0.05) is 51.4 Å². The Hall–Kier alpha value is -0.450. The molecule has 0 amide bonds. The van der Waals surface area contributed by atoms with Crippen molar-refractivity contribution in [1.29, 1.82) is 0 Å². The van der Waals surface area contributed by atoms with E-state index >= 15 is 0 Å². The average molecular weight is 285 g/mol. The Morgan fingerprint density at radius 1 is 0.750 bits per heavy atom. The fourth-order valence-electron chi connectivity index (χ4n) is 2.39. The van der Waals surface area contributed by atoms with Crippen molar-refractivity contribution in [2.24, 2.45) is 0 Å². The molecule has 0 aromatic carbocycles. The Kier molecular flexibility index (Phi) is 14.6. The van der Waals surface area contributed by atoms with Crippen molar-refractivity contribution in [3.8, 4) is 0 Å². The Balaban J connectivity index is 3.08. The van der Waals surface area contributed by atoms with E-state index in [1.807, 2.05) is 19.2 Å². The molecule has 4 heteroatoms. The van der Waals surface area contributed by atoms with Gasteiger partial charge in [0, 0.05) is 27.1 Å². The van der Waals surface area contributed by atoms with E-state index in [0.717, 1.165) is 19.4 Å². The number of nitrogens with one attached hydrogen (secondary N) is 2. The number of Topliss-reactive ketones (excluding diaryl/α,β-unsaturated/α-hetero) is 1. The van der Waals surface area contributed by atoms with Crippen LogP contribution in [-0.4, -0.2) is 31.5 Å². The van der Waals surface area contributed by atoms with Crippen LogP contribution in [0.15, 0.2) is 0 Å². The maximum Gasteiger partial charge on any atom is 0.129 e. The van der Waals surface area contributed by atoms with Gasteiger partial charge in [-0.15, -0.1) is 0 Å². The Morgan fingerprint density at radius 2 is 1.15 bits per heavy atom. The highest BCUT2D eigenvalue weighted by Gasteiger charge is 1.98. The number of hydrogen-bond donors (Lipinski definition) is 2. The number of carbonyl (C=O) groups excluding carboxylic acids is 1. The van der Waals surface area contributed by atoms with Crippen molar-refractivity contribution >= 4 is 5.78 Å². The third-order valence-electron chi connectivity index (χ3n) is 3.70. The molecule has 0 radical (unpaired) electrons. The zero-order valence-electron chi connectivity index (χ0n) is 13.8. The van der Waals surface area contributed by atoms with Crippen molar-refractivity contribution in [2.75, 3.05) is 20.6 Å². The lowest BCUT2D eigenvalue weighted by atomic mass is 10.1. The first kappa shape index (κ1) is 19.6. The smallest absolute Gasteiger partial charge is 0.129 e. The second-order valence-corrected chi connectivity index (χ2v) is 5.59. The SMILES string of the molecule is CNN(CCCCCCCCCCCCC(C)=O)NC. The van der Waals surface area contributed by atoms with Gasteiger partial charge in [0.1, 0.15) is 5.78 Å². The van der Waals surface area contributed by atoms with E-state index in [2.05, 4.69) is 10.9 Å². The van der Waals surface area contributed by atoms with Gasteiger partial charge in [0.2, 0.25) is 0 Å². The molecule has 0 aliphatic rings. The van der Waals surface area contributed by atoms with Gasteiger partial charge in [-0.05, 0) is 19.8 Å². The summed E-state index contributed by atoms with van der Waals surface area (Å²) in [6.45, 7) is 2.75. The maximum atomic E-state index is 10.8. The summed E-state index contributed by atoms with van der Waals surface area (Å²) in [5, 5.41) is 2.01. The minimum absolute atomic E-state index is 0.333. The molecule has 0 aliphatic carbocycles. The normalized spacial score (nSPS) is 11.2.